The van der Waals surface area contributed by atoms with Crippen LogP contribution in [0.5, 0.6) is 0 Å². The van der Waals surface area contributed by atoms with Crippen LogP contribution in [0.15, 0.2) is 0 Å². The molecule has 0 aromatic rings. The van der Waals surface area contributed by atoms with Gasteiger partial charge in [0.2, 0.25) is 5.91 Å². The average Bonchev–Trinajstić information content (AvgIpc) is 2.71. The van der Waals surface area contributed by atoms with E-state index < -0.39 is 0 Å². The molecule has 2 aliphatic rings. The van der Waals surface area contributed by atoms with Crippen LogP contribution in [0.25, 0.3) is 0 Å². The van der Waals surface area contributed by atoms with Crippen molar-refractivity contribution in [1.29, 1.82) is 0 Å². The fraction of sp³-hybridized carbons (Fsp3) is 0.900. The maximum absolute atomic E-state index is 12.0. The summed E-state index contributed by atoms with van der Waals surface area (Å²) >= 11 is 1.82. The third-order valence-electron chi connectivity index (χ3n) is 3.11. The summed E-state index contributed by atoms with van der Waals surface area (Å²) in [5, 5.41) is 3.24. The predicted octanol–water partition coefficient (Wildman–Crippen LogP) is 1.33. The summed E-state index contributed by atoms with van der Waals surface area (Å²) in [6, 6.07) is 0.0911. The number of hydrogen-bond acceptors (Lipinski definition) is 3. The first-order valence-corrected chi connectivity index (χ1v) is 6.53. The SMILES string of the molecule is CC1CCN(C(=O)C2CSCN2)CC1.Cl. The van der Waals surface area contributed by atoms with Crippen LogP contribution in [0.3, 0.4) is 0 Å². The van der Waals surface area contributed by atoms with E-state index >= 15 is 0 Å². The zero-order valence-corrected chi connectivity index (χ0v) is 10.7. The van der Waals surface area contributed by atoms with E-state index in [1.165, 1.54) is 12.8 Å². The Morgan fingerprint density at radius 1 is 1.40 bits per heavy atom. The molecule has 0 radical (unpaired) electrons. The summed E-state index contributed by atoms with van der Waals surface area (Å²) in [5.41, 5.74) is 0. The van der Waals surface area contributed by atoms with Gasteiger partial charge in [-0.15, -0.1) is 24.2 Å². The molecule has 5 heteroatoms. The lowest BCUT2D eigenvalue weighted by Gasteiger charge is -2.31. The Morgan fingerprint density at radius 3 is 2.60 bits per heavy atom. The van der Waals surface area contributed by atoms with Gasteiger partial charge in [0.15, 0.2) is 0 Å². The topological polar surface area (TPSA) is 32.3 Å². The van der Waals surface area contributed by atoms with Crippen LogP contribution in [-0.4, -0.2) is 41.6 Å². The molecule has 2 fully saturated rings. The van der Waals surface area contributed by atoms with Crippen molar-refractivity contribution >= 4 is 30.1 Å². The van der Waals surface area contributed by atoms with Gasteiger partial charge in [-0.25, -0.2) is 0 Å². The van der Waals surface area contributed by atoms with Gasteiger partial charge in [0.1, 0.15) is 0 Å². The van der Waals surface area contributed by atoms with Crippen molar-refractivity contribution < 1.29 is 4.79 Å². The van der Waals surface area contributed by atoms with Gasteiger partial charge >= 0.3 is 0 Å². The van der Waals surface area contributed by atoms with E-state index in [-0.39, 0.29) is 18.4 Å². The van der Waals surface area contributed by atoms with E-state index in [4.69, 9.17) is 0 Å². The summed E-state index contributed by atoms with van der Waals surface area (Å²) in [7, 11) is 0. The van der Waals surface area contributed by atoms with E-state index in [9.17, 15) is 4.79 Å². The molecule has 1 N–H and O–H groups in total. The molecule has 2 aliphatic heterocycles. The standard InChI is InChI=1S/C10H18N2OS.ClH/c1-8-2-4-12(5-3-8)10(13)9-6-14-7-11-9;/h8-9,11H,2-7H2,1H3;1H. The Balaban J connectivity index is 0.00000112. The van der Waals surface area contributed by atoms with Gasteiger partial charge in [-0.1, -0.05) is 6.92 Å². The molecule has 0 aromatic heterocycles. The molecule has 15 heavy (non-hydrogen) atoms. The molecular weight excluding hydrogens is 232 g/mol. The van der Waals surface area contributed by atoms with Crippen LogP contribution >= 0.6 is 24.2 Å². The first-order chi connectivity index (χ1) is 6.77. The lowest BCUT2D eigenvalue weighted by molar-refractivity contribution is -0.133. The third-order valence-corrected chi connectivity index (χ3v) is 4.05. The summed E-state index contributed by atoms with van der Waals surface area (Å²) in [4.78, 5) is 14.0. The van der Waals surface area contributed by atoms with Gasteiger partial charge in [-0.2, -0.15) is 0 Å². The van der Waals surface area contributed by atoms with Gasteiger partial charge in [0.25, 0.3) is 0 Å². The molecule has 2 heterocycles. The summed E-state index contributed by atoms with van der Waals surface area (Å²) in [6.07, 6.45) is 2.34. The number of likely N-dealkylation sites (tertiary alicyclic amines) is 1. The normalized spacial score (nSPS) is 27.5. The predicted molar refractivity (Wildman–Crippen MR) is 66.5 cm³/mol. The number of hydrogen-bond donors (Lipinski definition) is 1. The molecule has 2 saturated heterocycles. The molecule has 1 atom stereocenters. The molecule has 2 rings (SSSR count). The molecule has 88 valence electrons. The second kappa shape index (κ2) is 5.97. The second-order valence-corrected chi connectivity index (χ2v) is 5.31. The Kier molecular flexibility index (Phi) is 5.23. The third kappa shape index (κ3) is 3.26. The van der Waals surface area contributed by atoms with Gasteiger partial charge in [-0.05, 0) is 18.8 Å². The number of piperidine rings is 1. The molecule has 0 aliphatic carbocycles. The van der Waals surface area contributed by atoms with E-state index in [2.05, 4.69) is 12.2 Å². The van der Waals surface area contributed by atoms with Crippen LogP contribution in [0.4, 0.5) is 0 Å². The first kappa shape index (κ1) is 13.1. The summed E-state index contributed by atoms with van der Waals surface area (Å²) in [6.45, 7) is 4.19. The smallest absolute Gasteiger partial charge is 0.240 e. The second-order valence-electron chi connectivity index (χ2n) is 4.28. The van der Waals surface area contributed by atoms with Gasteiger partial charge in [0, 0.05) is 24.7 Å². The highest BCUT2D eigenvalue weighted by molar-refractivity contribution is 7.99. The molecule has 1 amide bonds. The van der Waals surface area contributed by atoms with E-state index in [0.717, 1.165) is 30.6 Å². The van der Waals surface area contributed by atoms with Crippen LogP contribution in [0, 0.1) is 5.92 Å². The van der Waals surface area contributed by atoms with Gasteiger partial charge in [0.05, 0.1) is 6.04 Å². The Hall–Kier alpha value is 0.0700. The minimum Gasteiger partial charge on any atom is -0.341 e. The van der Waals surface area contributed by atoms with E-state index in [1.54, 1.807) is 0 Å². The number of rotatable bonds is 1. The lowest BCUT2D eigenvalue weighted by Crippen LogP contribution is -2.47. The van der Waals surface area contributed by atoms with Crippen molar-refractivity contribution in [2.45, 2.75) is 25.8 Å². The van der Waals surface area contributed by atoms with Crippen molar-refractivity contribution in [3.8, 4) is 0 Å². The number of nitrogens with zero attached hydrogens (tertiary/aromatic N) is 1. The number of carbonyl (C=O) groups excluding carboxylic acids is 1. The highest BCUT2D eigenvalue weighted by Crippen LogP contribution is 2.18. The highest BCUT2D eigenvalue weighted by Gasteiger charge is 2.28. The fourth-order valence-electron chi connectivity index (χ4n) is 2.00. The number of thioether (sulfide) groups is 1. The number of nitrogens with one attached hydrogen (secondary N) is 1. The van der Waals surface area contributed by atoms with Crippen LogP contribution < -0.4 is 5.32 Å². The molecule has 3 nitrogen and oxygen atoms in total. The maximum Gasteiger partial charge on any atom is 0.240 e. The largest absolute Gasteiger partial charge is 0.341 e. The van der Waals surface area contributed by atoms with Crippen molar-refractivity contribution in [3.05, 3.63) is 0 Å². The van der Waals surface area contributed by atoms with E-state index in [1.807, 2.05) is 16.7 Å². The monoisotopic (exact) mass is 250 g/mol. The van der Waals surface area contributed by atoms with Crippen molar-refractivity contribution in [2.75, 3.05) is 24.7 Å². The molecule has 0 spiro atoms. The lowest BCUT2D eigenvalue weighted by atomic mass is 9.99. The molecule has 0 bridgehead atoms. The van der Waals surface area contributed by atoms with Gasteiger partial charge < -0.3 is 4.90 Å². The van der Waals surface area contributed by atoms with Crippen molar-refractivity contribution in [2.24, 2.45) is 5.92 Å². The number of halogens is 1. The Morgan fingerprint density at radius 2 is 2.07 bits per heavy atom. The maximum atomic E-state index is 12.0. The van der Waals surface area contributed by atoms with Crippen molar-refractivity contribution in [1.82, 2.24) is 10.2 Å². The zero-order valence-electron chi connectivity index (χ0n) is 9.07. The molecular formula is C10H19ClN2OS. The highest BCUT2D eigenvalue weighted by atomic mass is 35.5. The fourth-order valence-corrected chi connectivity index (χ4v) is 2.94. The van der Waals surface area contributed by atoms with Crippen LogP contribution in [0.2, 0.25) is 0 Å². The number of amides is 1. The minimum atomic E-state index is 0. The Bertz CT molecular complexity index is 213. The molecule has 1 unspecified atom stereocenters. The molecule has 0 saturated carbocycles. The van der Waals surface area contributed by atoms with Gasteiger partial charge in [-0.3, -0.25) is 10.1 Å². The molecule has 0 aromatic carbocycles. The van der Waals surface area contributed by atoms with Crippen LogP contribution in [-0.2, 0) is 4.79 Å². The number of carbonyl (C=O) groups is 1. The van der Waals surface area contributed by atoms with E-state index in [0.29, 0.717) is 5.91 Å². The minimum absolute atomic E-state index is 0. The first-order valence-electron chi connectivity index (χ1n) is 5.37. The average molecular weight is 251 g/mol. The quantitative estimate of drug-likeness (QED) is 0.762. The van der Waals surface area contributed by atoms with Crippen LogP contribution in [0.1, 0.15) is 19.8 Å². The zero-order chi connectivity index (χ0) is 9.97. The Labute approximate surface area is 102 Å². The van der Waals surface area contributed by atoms with Crippen molar-refractivity contribution in [3.63, 3.8) is 0 Å². The summed E-state index contributed by atoms with van der Waals surface area (Å²) < 4.78 is 0. The summed E-state index contributed by atoms with van der Waals surface area (Å²) in [5.74, 6) is 3.00.